The number of rotatable bonds is 15. The Kier molecular flexibility index (Phi) is 11.1. The van der Waals surface area contributed by atoms with E-state index < -0.39 is 12.0 Å². The molecule has 8 heteroatoms. The lowest BCUT2D eigenvalue weighted by Crippen LogP contribution is -2.32. The van der Waals surface area contributed by atoms with E-state index in [4.69, 9.17) is 16.3 Å². The lowest BCUT2D eigenvalue weighted by Gasteiger charge is -2.18. The average Bonchev–Trinajstić information content (AvgIpc) is 3.01. The van der Waals surface area contributed by atoms with Crippen LogP contribution in [0.15, 0.2) is 103 Å². The summed E-state index contributed by atoms with van der Waals surface area (Å²) in [5, 5.41) is 16.5. The predicted octanol–water partition coefficient (Wildman–Crippen LogP) is 6.20. The van der Waals surface area contributed by atoms with Crippen molar-refractivity contribution >= 4 is 34.9 Å². The SMILES string of the molecule is O=C(CCc1ccc(Cl)cc1)NCCCOc1ccc(C[C@H](Nc2ccccc2C(=O)c2ccccc2)C(=O)O)cc1. The molecule has 0 aliphatic carbocycles. The van der Waals surface area contributed by atoms with Gasteiger partial charge in [-0.25, -0.2) is 4.79 Å². The Hall–Kier alpha value is -4.62. The number of hydrogen-bond donors (Lipinski definition) is 3. The Bertz CT molecular complexity index is 1470. The highest BCUT2D eigenvalue weighted by Crippen LogP contribution is 2.22. The molecule has 0 saturated carbocycles. The number of carboxylic acid groups (broad SMARTS) is 1. The first-order valence-corrected chi connectivity index (χ1v) is 14.2. The summed E-state index contributed by atoms with van der Waals surface area (Å²) in [4.78, 5) is 37.2. The lowest BCUT2D eigenvalue weighted by molar-refractivity contribution is -0.137. The molecule has 0 aliphatic rings. The second-order valence-corrected chi connectivity index (χ2v) is 10.2. The van der Waals surface area contributed by atoms with Gasteiger partial charge in [-0.3, -0.25) is 9.59 Å². The molecule has 42 heavy (non-hydrogen) atoms. The molecular weight excluding hydrogens is 552 g/mol. The molecule has 0 spiro atoms. The Balaban J connectivity index is 1.23. The summed E-state index contributed by atoms with van der Waals surface area (Å²) in [6.45, 7) is 0.945. The fourth-order valence-corrected chi connectivity index (χ4v) is 4.51. The number of aryl methyl sites for hydroxylation is 1. The lowest BCUT2D eigenvalue weighted by atomic mass is 10.00. The normalized spacial score (nSPS) is 11.4. The van der Waals surface area contributed by atoms with Crippen LogP contribution in [0.3, 0.4) is 0 Å². The number of carbonyl (C=O) groups is 3. The van der Waals surface area contributed by atoms with E-state index in [0.717, 1.165) is 11.1 Å². The van der Waals surface area contributed by atoms with Crippen LogP contribution < -0.4 is 15.4 Å². The number of aliphatic carboxylic acids is 1. The van der Waals surface area contributed by atoms with Gasteiger partial charge in [0.15, 0.2) is 5.78 Å². The second kappa shape index (κ2) is 15.4. The number of para-hydroxylation sites is 1. The van der Waals surface area contributed by atoms with Crippen molar-refractivity contribution in [2.24, 2.45) is 0 Å². The van der Waals surface area contributed by atoms with Crippen molar-refractivity contribution < 1.29 is 24.2 Å². The number of amides is 1. The molecule has 0 radical (unpaired) electrons. The first-order valence-electron chi connectivity index (χ1n) is 13.8. The van der Waals surface area contributed by atoms with E-state index in [9.17, 15) is 19.5 Å². The summed E-state index contributed by atoms with van der Waals surface area (Å²) in [7, 11) is 0. The molecule has 7 nitrogen and oxygen atoms in total. The number of anilines is 1. The van der Waals surface area contributed by atoms with Gasteiger partial charge in [-0.1, -0.05) is 78.3 Å². The van der Waals surface area contributed by atoms with Crippen LogP contribution in [0.2, 0.25) is 5.02 Å². The molecular formula is C34H33ClN2O5. The van der Waals surface area contributed by atoms with Gasteiger partial charge < -0.3 is 20.5 Å². The van der Waals surface area contributed by atoms with Gasteiger partial charge in [0.05, 0.1) is 6.61 Å². The van der Waals surface area contributed by atoms with E-state index in [-0.39, 0.29) is 18.1 Å². The molecule has 4 rings (SSSR count). The molecule has 0 unspecified atom stereocenters. The van der Waals surface area contributed by atoms with Gasteiger partial charge in [-0.05, 0) is 60.4 Å². The van der Waals surface area contributed by atoms with Crippen LogP contribution in [0.5, 0.6) is 5.75 Å². The van der Waals surface area contributed by atoms with Crippen molar-refractivity contribution in [3.05, 3.63) is 130 Å². The van der Waals surface area contributed by atoms with Crippen molar-refractivity contribution in [1.82, 2.24) is 5.32 Å². The van der Waals surface area contributed by atoms with Crippen molar-refractivity contribution in [3.63, 3.8) is 0 Å². The Morgan fingerprint density at radius 2 is 1.48 bits per heavy atom. The molecule has 4 aromatic carbocycles. The van der Waals surface area contributed by atoms with Gasteiger partial charge in [0.25, 0.3) is 0 Å². The predicted molar refractivity (Wildman–Crippen MR) is 164 cm³/mol. The summed E-state index contributed by atoms with van der Waals surface area (Å²) >= 11 is 5.89. The molecule has 1 atom stereocenters. The quantitative estimate of drug-likeness (QED) is 0.114. The summed E-state index contributed by atoms with van der Waals surface area (Å²) in [6.07, 6.45) is 1.93. The van der Waals surface area contributed by atoms with Crippen molar-refractivity contribution in [2.75, 3.05) is 18.5 Å². The van der Waals surface area contributed by atoms with Gasteiger partial charge in [0.1, 0.15) is 11.8 Å². The van der Waals surface area contributed by atoms with Gasteiger partial charge in [-0.2, -0.15) is 0 Å². The molecule has 4 aromatic rings. The summed E-state index contributed by atoms with van der Waals surface area (Å²) < 4.78 is 5.78. The molecule has 0 heterocycles. The van der Waals surface area contributed by atoms with Crippen LogP contribution in [-0.2, 0) is 22.4 Å². The van der Waals surface area contributed by atoms with Crippen molar-refractivity contribution in [1.29, 1.82) is 0 Å². The van der Waals surface area contributed by atoms with Crippen molar-refractivity contribution in [3.8, 4) is 5.75 Å². The van der Waals surface area contributed by atoms with E-state index in [1.165, 1.54) is 0 Å². The van der Waals surface area contributed by atoms with Crippen LogP contribution in [0.25, 0.3) is 0 Å². The highest BCUT2D eigenvalue weighted by Gasteiger charge is 2.21. The van der Waals surface area contributed by atoms with Gasteiger partial charge >= 0.3 is 5.97 Å². The smallest absolute Gasteiger partial charge is 0.326 e. The molecule has 216 valence electrons. The Morgan fingerprint density at radius 3 is 2.19 bits per heavy atom. The number of halogens is 1. The molecule has 0 bridgehead atoms. The number of ketones is 1. The third-order valence-corrected chi connectivity index (χ3v) is 6.92. The fraction of sp³-hybridized carbons (Fsp3) is 0.206. The first kappa shape index (κ1) is 30.3. The van der Waals surface area contributed by atoms with E-state index in [0.29, 0.717) is 60.0 Å². The minimum absolute atomic E-state index is 0.0112. The number of hydrogen-bond acceptors (Lipinski definition) is 5. The first-order chi connectivity index (χ1) is 20.4. The molecule has 1 amide bonds. The topological polar surface area (TPSA) is 105 Å². The van der Waals surface area contributed by atoms with Crippen LogP contribution in [-0.4, -0.2) is 42.0 Å². The Morgan fingerprint density at radius 1 is 0.810 bits per heavy atom. The summed E-state index contributed by atoms with van der Waals surface area (Å²) in [5.41, 5.74) is 3.29. The van der Waals surface area contributed by atoms with Gasteiger partial charge in [0, 0.05) is 41.2 Å². The van der Waals surface area contributed by atoms with Gasteiger partial charge in [0.2, 0.25) is 5.91 Å². The van der Waals surface area contributed by atoms with E-state index in [1.54, 1.807) is 60.7 Å². The Labute approximate surface area is 250 Å². The molecule has 0 aliphatic heterocycles. The fourth-order valence-electron chi connectivity index (χ4n) is 4.38. The molecule has 3 N–H and O–H groups in total. The molecule has 0 fully saturated rings. The summed E-state index contributed by atoms with van der Waals surface area (Å²) in [5.74, 6) is -0.552. The maximum absolute atomic E-state index is 13.0. The highest BCUT2D eigenvalue weighted by atomic mass is 35.5. The minimum Gasteiger partial charge on any atom is -0.494 e. The number of benzene rings is 4. The standard InChI is InChI=1S/C34H33ClN2O5/c35-27-16-11-24(12-17-27)15-20-32(38)36-21-6-22-42-28-18-13-25(14-19-28)23-31(34(40)41)37-30-10-5-4-9-29(30)33(39)26-7-2-1-3-8-26/h1-5,7-14,16-19,31,37H,6,15,20-23H2,(H,36,38)(H,40,41)/t31-/m0/s1. The van der Waals surface area contributed by atoms with E-state index in [2.05, 4.69) is 10.6 Å². The number of nitrogens with one attached hydrogen (secondary N) is 2. The number of carboxylic acids is 1. The average molecular weight is 585 g/mol. The maximum Gasteiger partial charge on any atom is 0.326 e. The second-order valence-electron chi connectivity index (χ2n) is 9.80. The van der Waals surface area contributed by atoms with Crippen LogP contribution in [0.4, 0.5) is 5.69 Å². The van der Waals surface area contributed by atoms with Crippen LogP contribution in [0, 0.1) is 0 Å². The summed E-state index contributed by atoms with van der Waals surface area (Å²) in [6, 6.07) is 29.6. The van der Waals surface area contributed by atoms with Crippen LogP contribution >= 0.6 is 11.6 Å². The monoisotopic (exact) mass is 584 g/mol. The zero-order chi connectivity index (χ0) is 29.7. The van der Waals surface area contributed by atoms with E-state index in [1.807, 2.05) is 42.5 Å². The third-order valence-electron chi connectivity index (χ3n) is 6.66. The zero-order valence-corrected chi connectivity index (χ0v) is 23.8. The minimum atomic E-state index is -1.02. The molecule has 0 aromatic heterocycles. The highest BCUT2D eigenvalue weighted by molar-refractivity contribution is 6.30. The zero-order valence-electron chi connectivity index (χ0n) is 23.1. The third kappa shape index (κ3) is 9.21. The van der Waals surface area contributed by atoms with E-state index >= 15 is 0 Å². The maximum atomic E-state index is 13.0. The molecule has 0 saturated heterocycles. The van der Waals surface area contributed by atoms with Crippen molar-refractivity contribution in [2.45, 2.75) is 31.7 Å². The number of carbonyl (C=O) groups excluding carboxylic acids is 2. The largest absolute Gasteiger partial charge is 0.494 e. The van der Waals surface area contributed by atoms with Crippen LogP contribution in [0.1, 0.15) is 39.9 Å². The van der Waals surface area contributed by atoms with Gasteiger partial charge in [-0.15, -0.1) is 0 Å². The number of ether oxygens (including phenoxy) is 1.